The van der Waals surface area contributed by atoms with Gasteiger partial charge in [-0.3, -0.25) is 4.79 Å². The number of rotatable bonds is 2. The molecule has 0 atom stereocenters. The Hall–Kier alpha value is -1.69. The van der Waals surface area contributed by atoms with Gasteiger partial charge < -0.3 is 9.84 Å². The van der Waals surface area contributed by atoms with Crippen LogP contribution in [0.15, 0.2) is 39.7 Å². The molecule has 0 saturated heterocycles. The van der Waals surface area contributed by atoms with Gasteiger partial charge >= 0.3 is 0 Å². The predicted molar refractivity (Wildman–Crippen MR) is 58.6 cm³/mol. The Morgan fingerprint density at radius 3 is 2.94 bits per heavy atom. The first-order valence-corrected chi connectivity index (χ1v) is 5.12. The molecule has 0 unspecified atom stereocenters. The molecule has 0 radical (unpaired) electrons. The van der Waals surface area contributed by atoms with Gasteiger partial charge in [0.25, 0.3) is 5.91 Å². The van der Waals surface area contributed by atoms with Crippen LogP contribution in [0.25, 0.3) is 0 Å². The van der Waals surface area contributed by atoms with Gasteiger partial charge in [-0.25, -0.2) is 4.39 Å². The number of benzene rings is 1. The Bertz CT molecular complexity index is 493. The third kappa shape index (κ3) is 2.11. The fourth-order valence-corrected chi connectivity index (χ4v) is 1.70. The van der Waals surface area contributed by atoms with E-state index in [1.807, 2.05) is 0 Å². The standard InChI is InChI=1S/C10H6BrFN2O2/c11-7-2-1-3-8(12)9(7)10(15)14-6-4-13-16-5-6/h1-5H,(H,14,15). The molecular formula is C10H6BrFN2O2. The molecule has 0 aliphatic carbocycles. The number of nitrogens with zero attached hydrogens (tertiary/aromatic N) is 1. The van der Waals surface area contributed by atoms with Crippen LogP contribution in [0.4, 0.5) is 10.1 Å². The summed E-state index contributed by atoms with van der Waals surface area (Å²) >= 11 is 3.11. The molecule has 0 aliphatic rings. The predicted octanol–water partition coefficient (Wildman–Crippen LogP) is 2.83. The summed E-state index contributed by atoms with van der Waals surface area (Å²) in [5.74, 6) is -1.16. The summed E-state index contributed by atoms with van der Waals surface area (Å²) in [5, 5.41) is 5.87. The maximum absolute atomic E-state index is 13.4. The van der Waals surface area contributed by atoms with E-state index in [2.05, 4.69) is 30.9 Å². The minimum atomic E-state index is -0.594. The zero-order chi connectivity index (χ0) is 11.5. The highest BCUT2D eigenvalue weighted by Gasteiger charge is 2.15. The molecule has 82 valence electrons. The summed E-state index contributed by atoms with van der Waals surface area (Å²) < 4.78 is 18.3. The Balaban J connectivity index is 2.28. The fourth-order valence-electron chi connectivity index (χ4n) is 1.17. The van der Waals surface area contributed by atoms with Gasteiger partial charge in [0.1, 0.15) is 17.8 Å². The Labute approximate surface area is 98.6 Å². The third-order valence-electron chi connectivity index (χ3n) is 1.88. The van der Waals surface area contributed by atoms with Crippen LogP contribution < -0.4 is 5.32 Å². The van der Waals surface area contributed by atoms with Crippen LogP contribution in [0.2, 0.25) is 0 Å². The highest BCUT2D eigenvalue weighted by atomic mass is 79.9. The van der Waals surface area contributed by atoms with E-state index >= 15 is 0 Å². The number of nitrogens with one attached hydrogen (secondary N) is 1. The van der Waals surface area contributed by atoms with Gasteiger partial charge in [-0.05, 0) is 28.1 Å². The molecule has 1 aromatic heterocycles. The van der Waals surface area contributed by atoms with Gasteiger partial charge in [0.2, 0.25) is 0 Å². The summed E-state index contributed by atoms with van der Waals surface area (Å²) in [4.78, 5) is 11.7. The molecule has 2 rings (SSSR count). The first-order valence-electron chi connectivity index (χ1n) is 4.33. The van der Waals surface area contributed by atoms with E-state index in [1.165, 1.54) is 24.6 Å². The second-order valence-corrected chi connectivity index (χ2v) is 3.82. The first kappa shape index (κ1) is 10.8. The van der Waals surface area contributed by atoms with Gasteiger partial charge in [-0.15, -0.1) is 0 Å². The summed E-state index contributed by atoms with van der Waals surface area (Å²) in [6.45, 7) is 0. The number of hydrogen-bond donors (Lipinski definition) is 1. The van der Waals surface area contributed by atoms with Gasteiger partial charge in [-0.2, -0.15) is 0 Å². The van der Waals surface area contributed by atoms with E-state index in [0.29, 0.717) is 10.2 Å². The molecule has 1 N–H and O–H groups in total. The number of aromatic nitrogens is 1. The lowest BCUT2D eigenvalue weighted by Crippen LogP contribution is -2.14. The van der Waals surface area contributed by atoms with Crippen LogP contribution in [0.3, 0.4) is 0 Å². The van der Waals surface area contributed by atoms with Crippen molar-refractivity contribution in [3.63, 3.8) is 0 Å². The molecule has 0 fully saturated rings. The van der Waals surface area contributed by atoms with Crippen LogP contribution >= 0.6 is 15.9 Å². The number of anilines is 1. The first-order chi connectivity index (χ1) is 7.68. The minimum absolute atomic E-state index is 0.0521. The maximum atomic E-state index is 13.4. The molecule has 0 saturated carbocycles. The molecule has 1 heterocycles. The van der Waals surface area contributed by atoms with E-state index < -0.39 is 11.7 Å². The van der Waals surface area contributed by atoms with E-state index in [4.69, 9.17) is 0 Å². The lowest BCUT2D eigenvalue weighted by atomic mass is 10.2. The molecule has 0 aliphatic heterocycles. The molecule has 1 amide bonds. The van der Waals surface area contributed by atoms with E-state index in [1.54, 1.807) is 6.07 Å². The topological polar surface area (TPSA) is 55.1 Å². The fraction of sp³-hybridized carbons (Fsp3) is 0. The van der Waals surface area contributed by atoms with E-state index in [-0.39, 0.29) is 5.56 Å². The number of amides is 1. The molecule has 4 nitrogen and oxygen atoms in total. The average molecular weight is 285 g/mol. The number of hydrogen-bond acceptors (Lipinski definition) is 3. The van der Waals surface area contributed by atoms with Crippen molar-refractivity contribution >= 4 is 27.5 Å². The summed E-state index contributed by atoms with van der Waals surface area (Å²) in [5.41, 5.74) is 0.323. The Morgan fingerprint density at radius 2 is 2.31 bits per heavy atom. The van der Waals surface area contributed by atoms with Crippen LogP contribution in [0.5, 0.6) is 0 Å². The largest absolute Gasteiger partial charge is 0.363 e. The molecular weight excluding hydrogens is 279 g/mol. The van der Waals surface area contributed by atoms with Crippen LogP contribution in [-0.2, 0) is 0 Å². The molecule has 0 spiro atoms. The molecule has 0 bridgehead atoms. The monoisotopic (exact) mass is 284 g/mol. The normalized spacial score (nSPS) is 10.1. The quantitative estimate of drug-likeness (QED) is 0.923. The van der Waals surface area contributed by atoms with Crippen molar-refractivity contribution in [2.24, 2.45) is 0 Å². The van der Waals surface area contributed by atoms with Crippen molar-refractivity contribution in [1.29, 1.82) is 0 Å². The van der Waals surface area contributed by atoms with Crippen molar-refractivity contribution in [3.8, 4) is 0 Å². The van der Waals surface area contributed by atoms with Gasteiger partial charge in [-0.1, -0.05) is 11.2 Å². The lowest BCUT2D eigenvalue weighted by molar-refractivity contribution is 0.102. The number of carbonyl (C=O) groups is 1. The zero-order valence-electron chi connectivity index (χ0n) is 7.91. The van der Waals surface area contributed by atoms with Crippen LogP contribution in [0.1, 0.15) is 10.4 Å². The highest BCUT2D eigenvalue weighted by Crippen LogP contribution is 2.20. The summed E-state index contributed by atoms with van der Waals surface area (Å²) in [6, 6.07) is 4.31. The van der Waals surface area contributed by atoms with Crippen LogP contribution in [-0.4, -0.2) is 11.1 Å². The van der Waals surface area contributed by atoms with Crippen molar-refractivity contribution < 1.29 is 13.7 Å². The number of carbonyl (C=O) groups excluding carboxylic acids is 1. The van der Waals surface area contributed by atoms with Crippen molar-refractivity contribution in [3.05, 3.63) is 46.5 Å². The molecule has 2 aromatic rings. The molecule has 1 aromatic carbocycles. The third-order valence-corrected chi connectivity index (χ3v) is 2.54. The van der Waals surface area contributed by atoms with Gasteiger partial charge in [0, 0.05) is 4.47 Å². The average Bonchev–Trinajstić information content (AvgIpc) is 2.70. The molecule has 16 heavy (non-hydrogen) atoms. The number of halogens is 2. The second kappa shape index (κ2) is 4.44. The maximum Gasteiger partial charge on any atom is 0.259 e. The van der Waals surface area contributed by atoms with Crippen molar-refractivity contribution in [2.45, 2.75) is 0 Å². The Morgan fingerprint density at radius 1 is 1.50 bits per heavy atom. The minimum Gasteiger partial charge on any atom is -0.363 e. The SMILES string of the molecule is O=C(Nc1cnoc1)c1c(F)cccc1Br. The molecule has 6 heteroatoms. The zero-order valence-corrected chi connectivity index (χ0v) is 9.49. The second-order valence-electron chi connectivity index (χ2n) is 2.96. The Kier molecular flexibility index (Phi) is 3.00. The summed E-state index contributed by atoms with van der Waals surface area (Å²) in [6.07, 6.45) is 2.58. The lowest BCUT2D eigenvalue weighted by Gasteiger charge is -2.05. The van der Waals surface area contributed by atoms with E-state index in [0.717, 1.165) is 0 Å². The van der Waals surface area contributed by atoms with Gasteiger partial charge in [0.15, 0.2) is 0 Å². The smallest absolute Gasteiger partial charge is 0.259 e. The van der Waals surface area contributed by atoms with Crippen molar-refractivity contribution in [2.75, 3.05) is 5.32 Å². The van der Waals surface area contributed by atoms with Gasteiger partial charge in [0.05, 0.1) is 11.8 Å². The highest BCUT2D eigenvalue weighted by molar-refractivity contribution is 9.10. The van der Waals surface area contributed by atoms with Crippen LogP contribution in [0, 0.1) is 5.82 Å². The van der Waals surface area contributed by atoms with Crippen molar-refractivity contribution in [1.82, 2.24) is 5.16 Å². The summed E-state index contributed by atoms with van der Waals surface area (Å²) in [7, 11) is 0. The van der Waals surface area contributed by atoms with E-state index in [9.17, 15) is 9.18 Å².